The Morgan fingerprint density at radius 3 is 2.52 bits per heavy atom. The third-order valence-corrected chi connectivity index (χ3v) is 3.89. The molecule has 6 heteroatoms. The summed E-state index contributed by atoms with van der Waals surface area (Å²) >= 11 is 0. The Kier molecular flexibility index (Phi) is 5.51. The molecule has 1 fully saturated rings. The van der Waals surface area contributed by atoms with Crippen LogP contribution in [0.5, 0.6) is 0 Å². The van der Waals surface area contributed by atoms with Gasteiger partial charge in [0.2, 0.25) is 5.91 Å². The number of amides is 2. The molecule has 0 radical (unpaired) electrons. The minimum absolute atomic E-state index is 0.172. The SMILES string of the molecule is CNC(=O)c1ccc(C=CC(=O)N2CCCCC2C(=O)O)cc1. The summed E-state index contributed by atoms with van der Waals surface area (Å²) in [7, 11) is 1.56. The van der Waals surface area contributed by atoms with E-state index in [2.05, 4.69) is 5.32 Å². The summed E-state index contributed by atoms with van der Waals surface area (Å²) < 4.78 is 0. The Morgan fingerprint density at radius 1 is 1.22 bits per heavy atom. The van der Waals surface area contributed by atoms with Crippen molar-refractivity contribution in [3.63, 3.8) is 0 Å². The van der Waals surface area contributed by atoms with Crippen LogP contribution < -0.4 is 5.32 Å². The highest BCUT2D eigenvalue weighted by atomic mass is 16.4. The average Bonchev–Trinajstić information content (AvgIpc) is 2.59. The zero-order valence-electron chi connectivity index (χ0n) is 13.0. The van der Waals surface area contributed by atoms with E-state index in [1.807, 2.05) is 0 Å². The number of carboxylic acids is 1. The van der Waals surface area contributed by atoms with Gasteiger partial charge in [-0.25, -0.2) is 4.79 Å². The molecule has 1 aliphatic rings. The van der Waals surface area contributed by atoms with Gasteiger partial charge in [0.25, 0.3) is 5.91 Å². The molecular formula is C17H20N2O4. The van der Waals surface area contributed by atoms with Crippen LogP contribution in [0.3, 0.4) is 0 Å². The zero-order valence-corrected chi connectivity index (χ0v) is 13.0. The van der Waals surface area contributed by atoms with Gasteiger partial charge >= 0.3 is 5.97 Å². The van der Waals surface area contributed by atoms with Gasteiger partial charge in [-0.1, -0.05) is 12.1 Å². The van der Waals surface area contributed by atoms with E-state index in [1.54, 1.807) is 37.4 Å². The first kappa shape index (κ1) is 16.7. The number of nitrogens with zero attached hydrogens (tertiary/aromatic N) is 1. The van der Waals surface area contributed by atoms with Crippen LogP contribution in [0.15, 0.2) is 30.3 Å². The molecule has 1 aliphatic heterocycles. The van der Waals surface area contributed by atoms with Crippen molar-refractivity contribution in [2.45, 2.75) is 25.3 Å². The van der Waals surface area contributed by atoms with E-state index in [0.717, 1.165) is 18.4 Å². The van der Waals surface area contributed by atoms with Crippen molar-refractivity contribution in [3.8, 4) is 0 Å². The molecule has 6 nitrogen and oxygen atoms in total. The first-order chi connectivity index (χ1) is 11.0. The lowest BCUT2D eigenvalue weighted by molar-refractivity contribution is -0.150. The van der Waals surface area contributed by atoms with E-state index < -0.39 is 12.0 Å². The van der Waals surface area contributed by atoms with Gasteiger partial charge in [0.05, 0.1) is 0 Å². The maximum Gasteiger partial charge on any atom is 0.326 e. The van der Waals surface area contributed by atoms with Crippen LogP contribution >= 0.6 is 0 Å². The fourth-order valence-corrected chi connectivity index (χ4v) is 2.61. The molecule has 2 amide bonds. The average molecular weight is 316 g/mol. The summed E-state index contributed by atoms with van der Waals surface area (Å²) in [5.74, 6) is -1.43. The largest absolute Gasteiger partial charge is 0.480 e. The molecule has 1 heterocycles. The van der Waals surface area contributed by atoms with Gasteiger partial charge in [-0.15, -0.1) is 0 Å². The molecular weight excluding hydrogens is 296 g/mol. The number of benzene rings is 1. The first-order valence-electron chi connectivity index (χ1n) is 7.56. The summed E-state index contributed by atoms with van der Waals surface area (Å²) in [4.78, 5) is 36.3. The predicted molar refractivity (Wildman–Crippen MR) is 85.9 cm³/mol. The molecule has 0 aromatic heterocycles. The third kappa shape index (κ3) is 4.18. The minimum atomic E-state index is -0.957. The number of carbonyl (C=O) groups is 3. The minimum Gasteiger partial charge on any atom is -0.480 e. The fraction of sp³-hybridized carbons (Fsp3) is 0.353. The number of carbonyl (C=O) groups excluding carboxylic acids is 2. The van der Waals surface area contributed by atoms with Crippen LogP contribution in [0.1, 0.15) is 35.2 Å². The molecule has 1 unspecified atom stereocenters. The van der Waals surface area contributed by atoms with Crippen molar-refractivity contribution in [3.05, 3.63) is 41.5 Å². The molecule has 2 N–H and O–H groups in total. The summed E-state index contributed by atoms with van der Waals surface area (Å²) in [5, 5.41) is 11.7. The topological polar surface area (TPSA) is 86.7 Å². The van der Waals surface area contributed by atoms with Gasteiger partial charge in [-0.05, 0) is 43.0 Å². The molecule has 23 heavy (non-hydrogen) atoms. The number of rotatable bonds is 4. The molecule has 1 atom stereocenters. The second-order valence-electron chi connectivity index (χ2n) is 5.42. The Morgan fingerprint density at radius 2 is 1.91 bits per heavy atom. The Balaban J connectivity index is 2.05. The number of aliphatic carboxylic acids is 1. The number of piperidine rings is 1. The summed E-state index contributed by atoms with van der Waals surface area (Å²) in [6.07, 6.45) is 5.16. The van der Waals surface area contributed by atoms with Crippen LogP contribution in [-0.2, 0) is 9.59 Å². The monoisotopic (exact) mass is 316 g/mol. The quantitative estimate of drug-likeness (QED) is 0.825. The lowest BCUT2D eigenvalue weighted by Gasteiger charge is -2.32. The van der Waals surface area contributed by atoms with Crippen LogP contribution in [0.4, 0.5) is 0 Å². The maximum atomic E-state index is 12.2. The molecule has 1 saturated heterocycles. The van der Waals surface area contributed by atoms with E-state index in [4.69, 9.17) is 0 Å². The van der Waals surface area contributed by atoms with Crippen LogP contribution in [0.25, 0.3) is 6.08 Å². The summed E-state index contributed by atoms with van der Waals surface area (Å²) in [6.45, 7) is 0.468. The van der Waals surface area contributed by atoms with Crippen LogP contribution in [0, 0.1) is 0 Å². The molecule has 0 aliphatic carbocycles. The molecule has 122 valence electrons. The lowest BCUT2D eigenvalue weighted by Crippen LogP contribution is -2.47. The lowest BCUT2D eigenvalue weighted by atomic mass is 10.0. The van der Waals surface area contributed by atoms with Crippen LogP contribution in [0.2, 0.25) is 0 Å². The summed E-state index contributed by atoms with van der Waals surface area (Å²) in [5.41, 5.74) is 1.31. The fourth-order valence-electron chi connectivity index (χ4n) is 2.61. The highest BCUT2D eigenvalue weighted by molar-refractivity contribution is 5.95. The Labute approximate surface area is 134 Å². The standard InChI is InChI=1S/C17H20N2O4/c1-18-16(21)13-8-5-12(6-9-13)7-10-15(20)19-11-3-2-4-14(19)17(22)23/h5-10,14H,2-4,11H2,1H3,(H,18,21)(H,22,23). The van der Waals surface area contributed by atoms with Crippen molar-refractivity contribution in [1.29, 1.82) is 0 Å². The van der Waals surface area contributed by atoms with Gasteiger partial charge in [0.15, 0.2) is 0 Å². The van der Waals surface area contributed by atoms with E-state index in [1.165, 1.54) is 11.0 Å². The second-order valence-corrected chi connectivity index (χ2v) is 5.42. The predicted octanol–water partition coefficient (Wildman–Crippen LogP) is 1.53. The maximum absolute atomic E-state index is 12.2. The van der Waals surface area contributed by atoms with Crippen LogP contribution in [-0.4, -0.2) is 47.4 Å². The van der Waals surface area contributed by atoms with E-state index in [-0.39, 0.29) is 11.8 Å². The molecule has 0 bridgehead atoms. The molecule has 0 saturated carbocycles. The van der Waals surface area contributed by atoms with E-state index in [0.29, 0.717) is 18.5 Å². The number of hydrogen-bond acceptors (Lipinski definition) is 3. The summed E-state index contributed by atoms with van der Waals surface area (Å²) in [6, 6.07) is 6.07. The molecule has 2 rings (SSSR count). The molecule has 1 aromatic carbocycles. The number of carboxylic acid groups (broad SMARTS) is 1. The normalized spacial score (nSPS) is 18.0. The highest BCUT2D eigenvalue weighted by Gasteiger charge is 2.30. The highest BCUT2D eigenvalue weighted by Crippen LogP contribution is 2.18. The van der Waals surface area contributed by atoms with E-state index >= 15 is 0 Å². The molecule has 1 aromatic rings. The Hall–Kier alpha value is -2.63. The number of likely N-dealkylation sites (tertiary alicyclic amines) is 1. The second kappa shape index (κ2) is 7.58. The number of nitrogens with one attached hydrogen (secondary N) is 1. The third-order valence-electron chi connectivity index (χ3n) is 3.89. The number of hydrogen-bond donors (Lipinski definition) is 2. The zero-order chi connectivity index (χ0) is 16.8. The van der Waals surface area contributed by atoms with E-state index in [9.17, 15) is 19.5 Å². The van der Waals surface area contributed by atoms with Gasteiger partial charge in [0.1, 0.15) is 6.04 Å². The van der Waals surface area contributed by atoms with Crippen molar-refractivity contribution < 1.29 is 19.5 Å². The van der Waals surface area contributed by atoms with Gasteiger partial charge in [0, 0.05) is 25.2 Å². The smallest absolute Gasteiger partial charge is 0.326 e. The van der Waals surface area contributed by atoms with Crippen molar-refractivity contribution in [2.75, 3.05) is 13.6 Å². The van der Waals surface area contributed by atoms with Gasteiger partial charge < -0.3 is 15.3 Å². The van der Waals surface area contributed by atoms with Crippen molar-refractivity contribution >= 4 is 23.9 Å². The first-order valence-corrected chi connectivity index (χ1v) is 7.56. The van der Waals surface area contributed by atoms with Crippen molar-refractivity contribution in [1.82, 2.24) is 10.2 Å². The van der Waals surface area contributed by atoms with Crippen molar-refractivity contribution in [2.24, 2.45) is 0 Å². The van der Waals surface area contributed by atoms with Gasteiger partial charge in [-0.3, -0.25) is 9.59 Å². The van der Waals surface area contributed by atoms with Gasteiger partial charge in [-0.2, -0.15) is 0 Å². The molecule has 0 spiro atoms. The Bertz CT molecular complexity index is 622.